The molecule has 0 bridgehead atoms. The molecule has 0 radical (unpaired) electrons. The second-order valence-electron chi connectivity index (χ2n) is 3.97. The van der Waals surface area contributed by atoms with E-state index in [1.165, 1.54) is 0 Å². The third kappa shape index (κ3) is 3.15. The molecular formula is C16H14O. The van der Waals surface area contributed by atoms with Crippen LogP contribution in [0.4, 0.5) is 0 Å². The maximum Gasteiger partial charge on any atom is 0.185 e. The van der Waals surface area contributed by atoms with E-state index in [2.05, 4.69) is 0 Å². The molecule has 84 valence electrons. The molecule has 1 nitrogen and oxygen atoms in total. The summed E-state index contributed by atoms with van der Waals surface area (Å²) < 4.78 is 0. The topological polar surface area (TPSA) is 17.1 Å². The number of rotatable bonds is 3. The van der Waals surface area contributed by atoms with Gasteiger partial charge in [-0.1, -0.05) is 66.2 Å². The van der Waals surface area contributed by atoms with Crippen molar-refractivity contribution in [3.63, 3.8) is 0 Å². The van der Waals surface area contributed by atoms with Crippen LogP contribution in [0.25, 0.3) is 6.08 Å². The molecular weight excluding hydrogens is 208 g/mol. The lowest BCUT2D eigenvalue weighted by atomic mass is 10.1. The fraction of sp³-hybridized carbons (Fsp3) is 0.0625. The Morgan fingerprint density at radius 2 is 1.59 bits per heavy atom. The summed E-state index contributed by atoms with van der Waals surface area (Å²) in [7, 11) is 0. The number of benzene rings is 2. The minimum atomic E-state index is 0.0360. The number of allylic oxidation sites excluding steroid dienone is 1. The van der Waals surface area contributed by atoms with Gasteiger partial charge in [-0.05, 0) is 18.6 Å². The fourth-order valence-corrected chi connectivity index (χ4v) is 1.55. The normalized spacial score (nSPS) is 10.6. The monoisotopic (exact) mass is 222 g/mol. The minimum Gasteiger partial charge on any atom is -0.289 e. The Hall–Kier alpha value is -2.15. The molecule has 0 saturated heterocycles. The molecule has 0 saturated carbocycles. The number of carbonyl (C=O) groups is 1. The molecule has 2 aromatic rings. The Morgan fingerprint density at radius 1 is 0.941 bits per heavy atom. The molecule has 2 aromatic carbocycles. The standard InChI is InChI=1S/C16H14O/c1-13-7-10-15(11-8-13)16(17)12-9-14-5-3-2-4-6-14/h2-12H,1H3/b12-9-. The lowest BCUT2D eigenvalue weighted by Crippen LogP contribution is -1.93. The average molecular weight is 222 g/mol. The number of carbonyl (C=O) groups excluding carboxylic acids is 1. The van der Waals surface area contributed by atoms with Gasteiger partial charge in [-0.2, -0.15) is 0 Å². The zero-order valence-corrected chi connectivity index (χ0v) is 9.76. The molecule has 0 atom stereocenters. The maximum atomic E-state index is 11.8. The van der Waals surface area contributed by atoms with Gasteiger partial charge in [0, 0.05) is 5.56 Å². The molecule has 0 spiro atoms. The van der Waals surface area contributed by atoms with Gasteiger partial charge in [0.2, 0.25) is 0 Å². The fourth-order valence-electron chi connectivity index (χ4n) is 1.55. The summed E-state index contributed by atoms with van der Waals surface area (Å²) in [6, 6.07) is 17.4. The molecule has 0 amide bonds. The quantitative estimate of drug-likeness (QED) is 0.568. The zero-order chi connectivity index (χ0) is 12.1. The summed E-state index contributed by atoms with van der Waals surface area (Å²) in [4.78, 5) is 11.8. The first-order valence-corrected chi connectivity index (χ1v) is 5.60. The summed E-state index contributed by atoms with van der Waals surface area (Å²) in [5.41, 5.74) is 2.92. The van der Waals surface area contributed by atoms with Crippen molar-refractivity contribution in [3.05, 3.63) is 77.4 Å². The van der Waals surface area contributed by atoms with Crippen molar-refractivity contribution >= 4 is 11.9 Å². The van der Waals surface area contributed by atoms with Crippen molar-refractivity contribution in [3.8, 4) is 0 Å². The minimum absolute atomic E-state index is 0.0360. The largest absolute Gasteiger partial charge is 0.289 e. The summed E-state index contributed by atoms with van der Waals surface area (Å²) >= 11 is 0. The molecule has 1 heteroatoms. The number of hydrogen-bond acceptors (Lipinski definition) is 1. The number of ketones is 1. The summed E-state index contributed by atoms with van der Waals surface area (Å²) in [5.74, 6) is 0.0360. The summed E-state index contributed by atoms with van der Waals surface area (Å²) in [5, 5.41) is 0. The number of hydrogen-bond donors (Lipinski definition) is 0. The molecule has 0 unspecified atom stereocenters. The molecule has 0 N–H and O–H groups in total. The van der Waals surface area contributed by atoms with Crippen LogP contribution < -0.4 is 0 Å². The molecule has 0 aliphatic heterocycles. The van der Waals surface area contributed by atoms with Gasteiger partial charge in [-0.25, -0.2) is 0 Å². The Morgan fingerprint density at radius 3 is 2.24 bits per heavy atom. The zero-order valence-electron chi connectivity index (χ0n) is 9.76. The van der Waals surface area contributed by atoms with Crippen LogP contribution in [0.3, 0.4) is 0 Å². The SMILES string of the molecule is Cc1ccc(C(=O)/C=C\c2ccccc2)cc1. The van der Waals surface area contributed by atoms with Crippen molar-refractivity contribution in [1.82, 2.24) is 0 Å². The van der Waals surface area contributed by atoms with Crippen LogP contribution in [0.1, 0.15) is 21.5 Å². The lowest BCUT2D eigenvalue weighted by Gasteiger charge is -1.96. The second kappa shape index (κ2) is 5.26. The Bertz CT molecular complexity index is 521. The molecule has 2 rings (SSSR count). The van der Waals surface area contributed by atoms with Gasteiger partial charge in [0.05, 0.1) is 0 Å². The summed E-state index contributed by atoms with van der Waals surface area (Å²) in [6.45, 7) is 2.01. The van der Waals surface area contributed by atoms with Gasteiger partial charge < -0.3 is 0 Å². The van der Waals surface area contributed by atoms with Crippen LogP contribution >= 0.6 is 0 Å². The third-order valence-electron chi connectivity index (χ3n) is 2.56. The van der Waals surface area contributed by atoms with Crippen LogP contribution in [0.5, 0.6) is 0 Å². The molecule has 0 aromatic heterocycles. The van der Waals surface area contributed by atoms with E-state index in [0.717, 1.165) is 16.7 Å². The Balaban J connectivity index is 2.12. The highest BCUT2D eigenvalue weighted by Crippen LogP contribution is 2.07. The van der Waals surface area contributed by atoms with Crippen molar-refractivity contribution in [1.29, 1.82) is 0 Å². The van der Waals surface area contributed by atoms with E-state index in [0.29, 0.717) is 0 Å². The van der Waals surface area contributed by atoms with Crippen molar-refractivity contribution in [2.45, 2.75) is 6.92 Å². The Labute approximate surface area is 101 Å². The Kier molecular flexibility index (Phi) is 3.51. The van der Waals surface area contributed by atoms with Crippen LogP contribution in [-0.2, 0) is 0 Å². The highest BCUT2D eigenvalue weighted by Gasteiger charge is 1.99. The molecule has 17 heavy (non-hydrogen) atoms. The first-order chi connectivity index (χ1) is 8.25. The van der Waals surface area contributed by atoms with E-state index in [1.807, 2.05) is 67.6 Å². The van der Waals surface area contributed by atoms with Gasteiger partial charge in [-0.15, -0.1) is 0 Å². The van der Waals surface area contributed by atoms with Crippen LogP contribution in [0.15, 0.2) is 60.7 Å². The highest BCUT2D eigenvalue weighted by molar-refractivity contribution is 6.06. The predicted octanol–water partition coefficient (Wildman–Crippen LogP) is 3.89. The highest BCUT2D eigenvalue weighted by atomic mass is 16.1. The first kappa shape index (κ1) is 11.3. The first-order valence-electron chi connectivity index (χ1n) is 5.60. The van der Waals surface area contributed by atoms with Gasteiger partial charge in [0.15, 0.2) is 5.78 Å². The molecule has 0 aliphatic rings. The number of aryl methyl sites for hydroxylation is 1. The van der Waals surface area contributed by atoms with Gasteiger partial charge in [0.25, 0.3) is 0 Å². The summed E-state index contributed by atoms with van der Waals surface area (Å²) in [6.07, 6.45) is 3.45. The lowest BCUT2D eigenvalue weighted by molar-refractivity contribution is 0.104. The maximum absolute atomic E-state index is 11.8. The van der Waals surface area contributed by atoms with Crippen LogP contribution in [-0.4, -0.2) is 5.78 Å². The average Bonchev–Trinajstić information content (AvgIpc) is 2.38. The molecule has 0 fully saturated rings. The van der Waals surface area contributed by atoms with E-state index in [4.69, 9.17) is 0 Å². The van der Waals surface area contributed by atoms with Gasteiger partial charge in [0.1, 0.15) is 0 Å². The van der Waals surface area contributed by atoms with Crippen LogP contribution in [0, 0.1) is 6.92 Å². The molecule has 0 aliphatic carbocycles. The smallest absolute Gasteiger partial charge is 0.185 e. The van der Waals surface area contributed by atoms with E-state index in [9.17, 15) is 4.79 Å². The van der Waals surface area contributed by atoms with Crippen molar-refractivity contribution in [2.75, 3.05) is 0 Å². The second-order valence-corrected chi connectivity index (χ2v) is 3.97. The van der Waals surface area contributed by atoms with Crippen molar-refractivity contribution in [2.24, 2.45) is 0 Å². The third-order valence-corrected chi connectivity index (χ3v) is 2.56. The predicted molar refractivity (Wildman–Crippen MR) is 71.0 cm³/mol. The molecule has 0 heterocycles. The van der Waals surface area contributed by atoms with E-state index >= 15 is 0 Å². The van der Waals surface area contributed by atoms with Crippen molar-refractivity contribution < 1.29 is 4.79 Å². The van der Waals surface area contributed by atoms with E-state index in [1.54, 1.807) is 6.08 Å². The van der Waals surface area contributed by atoms with E-state index in [-0.39, 0.29) is 5.78 Å². The van der Waals surface area contributed by atoms with Crippen LogP contribution in [0.2, 0.25) is 0 Å². The van der Waals surface area contributed by atoms with E-state index < -0.39 is 0 Å². The van der Waals surface area contributed by atoms with Gasteiger partial charge >= 0.3 is 0 Å². The van der Waals surface area contributed by atoms with Gasteiger partial charge in [-0.3, -0.25) is 4.79 Å².